The van der Waals surface area contributed by atoms with Crippen LogP contribution in [0.4, 0.5) is 0 Å². The Balaban J connectivity index is 2.39. The predicted octanol–water partition coefficient (Wildman–Crippen LogP) is 3.78. The number of H-pyrrole nitrogens is 1. The zero-order valence-electron chi connectivity index (χ0n) is 12.3. The third-order valence-corrected chi connectivity index (χ3v) is 4.91. The van der Waals surface area contributed by atoms with Gasteiger partial charge >= 0.3 is 0 Å². The van der Waals surface area contributed by atoms with E-state index in [1.54, 1.807) is 0 Å². The minimum atomic E-state index is 0.470. The molecule has 0 radical (unpaired) electrons. The van der Waals surface area contributed by atoms with E-state index in [0.717, 1.165) is 16.2 Å². The third-order valence-electron chi connectivity index (χ3n) is 4.28. The van der Waals surface area contributed by atoms with Crippen LogP contribution in [-0.4, -0.2) is 11.3 Å². The standard InChI is InChI=1S/C17H24BrNO/c1-2-14-15(11-8-12-20)19-17(18)16(14)13-9-6-4-3-5-7-10-13/h2,11-13,19H,3-10H2,1H3/b14-2+,15-11+. The van der Waals surface area contributed by atoms with Gasteiger partial charge in [-0.05, 0) is 52.4 Å². The number of aldehydes is 1. The van der Waals surface area contributed by atoms with E-state index in [-0.39, 0.29) is 0 Å². The van der Waals surface area contributed by atoms with Gasteiger partial charge in [-0.3, -0.25) is 0 Å². The minimum Gasteiger partial charge on any atom is -0.349 e. The van der Waals surface area contributed by atoms with E-state index in [4.69, 9.17) is 0 Å². The Bertz CT molecular complexity index is 550. The summed E-state index contributed by atoms with van der Waals surface area (Å²) in [7, 11) is 0. The highest BCUT2D eigenvalue weighted by Crippen LogP contribution is 2.31. The average molecular weight is 338 g/mol. The van der Waals surface area contributed by atoms with Crippen molar-refractivity contribution in [1.29, 1.82) is 0 Å². The molecular formula is C17H24BrNO. The fraction of sp³-hybridized carbons (Fsp3) is 0.588. The Morgan fingerprint density at radius 2 is 1.85 bits per heavy atom. The van der Waals surface area contributed by atoms with E-state index in [2.05, 4.69) is 33.9 Å². The number of hydrogen-bond acceptors (Lipinski definition) is 1. The molecule has 20 heavy (non-hydrogen) atoms. The van der Waals surface area contributed by atoms with Crippen LogP contribution < -0.4 is 10.6 Å². The number of rotatable bonds is 3. The van der Waals surface area contributed by atoms with Crippen molar-refractivity contribution in [2.75, 3.05) is 0 Å². The van der Waals surface area contributed by atoms with Crippen molar-refractivity contribution in [2.45, 2.75) is 64.2 Å². The molecule has 0 atom stereocenters. The molecule has 1 saturated carbocycles. The number of hydrogen-bond donors (Lipinski definition) is 1. The lowest BCUT2D eigenvalue weighted by Crippen LogP contribution is -2.26. The molecule has 1 aromatic heterocycles. The lowest BCUT2D eigenvalue weighted by molar-refractivity contribution is -0.106. The van der Waals surface area contributed by atoms with Crippen molar-refractivity contribution >= 4 is 34.4 Å². The third kappa shape index (κ3) is 3.63. The van der Waals surface area contributed by atoms with Crippen molar-refractivity contribution < 1.29 is 4.79 Å². The van der Waals surface area contributed by atoms with Crippen molar-refractivity contribution in [3.8, 4) is 0 Å². The quantitative estimate of drug-likeness (QED) is 0.836. The normalized spacial score (nSPS) is 19.9. The first kappa shape index (κ1) is 15.6. The molecule has 0 aromatic carbocycles. The van der Waals surface area contributed by atoms with Gasteiger partial charge in [-0.15, -0.1) is 0 Å². The summed E-state index contributed by atoms with van der Waals surface area (Å²) in [5.74, 6) is 0.644. The Kier molecular flexibility index (Phi) is 6.08. The van der Waals surface area contributed by atoms with Gasteiger partial charge in [0.25, 0.3) is 0 Å². The van der Waals surface area contributed by atoms with Gasteiger partial charge in [0, 0.05) is 11.8 Å². The molecule has 0 aliphatic heterocycles. The Morgan fingerprint density at radius 1 is 1.20 bits per heavy atom. The second kappa shape index (κ2) is 7.82. The molecule has 2 nitrogen and oxygen atoms in total. The van der Waals surface area contributed by atoms with Gasteiger partial charge in [-0.1, -0.05) is 44.3 Å². The van der Waals surface area contributed by atoms with Crippen molar-refractivity contribution in [1.82, 2.24) is 4.98 Å². The molecule has 0 saturated heterocycles. The number of aromatic amines is 1. The predicted molar refractivity (Wildman–Crippen MR) is 88.1 cm³/mol. The number of carbonyl (C=O) groups is 1. The molecule has 1 heterocycles. The van der Waals surface area contributed by atoms with Crippen molar-refractivity contribution in [3.63, 3.8) is 0 Å². The first-order valence-electron chi connectivity index (χ1n) is 7.75. The molecule has 0 amide bonds. The summed E-state index contributed by atoms with van der Waals surface area (Å²) in [6.07, 6.45) is 14.9. The van der Waals surface area contributed by atoms with Gasteiger partial charge in [0.2, 0.25) is 0 Å². The first-order chi connectivity index (χ1) is 9.77. The lowest BCUT2D eigenvalue weighted by Gasteiger charge is -2.19. The van der Waals surface area contributed by atoms with E-state index in [1.807, 2.05) is 6.08 Å². The van der Waals surface area contributed by atoms with Crippen LogP contribution in [0.5, 0.6) is 0 Å². The fourth-order valence-corrected chi connectivity index (χ4v) is 4.05. The molecule has 1 fully saturated rings. The van der Waals surface area contributed by atoms with Crippen LogP contribution in [0.2, 0.25) is 0 Å². The van der Waals surface area contributed by atoms with Crippen molar-refractivity contribution in [3.05, 3.63) is 20.7 Å². The van der Waals surface area contributed by atoms with Gasteiger partial charge < -0.3 is 9.78 Å². The zero-order valence-corrected chi connectivity index (χ0v) is 13.8. The molecular weight excluding hydrogens is 314 g/mol. The van der Waals surface area contributed by atoms with Gasteiger partial charge in [0.05, 0.1) is 4.60 Å². The number of carbonyl (C=O) groups excluding carboxylic acids is 1. The van der Waals surface area contributed by atoms with Crippen LogP contribution >= 0.6 is 15.9 Å². The molecule has 0 spiro atoms. The summed E-state index contributed by atoms with van der Waals surface area (Å²) in [6.45, 7) is 2.08. The molecule has 1 aliphatic rings. The molecule has 1 N–H and O–H groups in total. The molecule has 1 aromatic rings. The highest BCUT2D eigenvalue weighted by molar-refractivity contribution is 9.10. The van der Waals surface area contributed by atoms with Crippen LogP contribution in [0.3, 0.4) is 0 Å². The number of nitrogens with one attached hydrogen (secondary N) is 1. The highest BCUT2D eigenvalue weighted by Gasteiger charge is 2.19. The highest BCUT2D eigenvalue weighted by atomic mass is 79.9. The largest absolute Gasteiger partial charge is 0.349 e. The zero-order chi connectivity index (χ0) is 14.4. The van der Waals surface area contributed by atoms with Crippen LogP contribution in [0.15, 0.2) is 4.60 Å². The van der Waals surface area contributed by atoms with E-state index in [1.165, 1.54) is 55.7 Å². The van der Waals surface area contributed by atoms with Gasteiger partial charge in [0.15, 0.2) is 0 Å². The smallest absolute Gasteiger partial charge is 0.123 e. The van der Waals surface area contributed by atoms with Crippen LogP contribution in [-0.2, 0) is 4.79 Å². The molecule has 2 rings (SSSR count). The Morgan fingerprint density at radius 3 is 2.45 bits per heavy atom. The van der Waals surface area contributed by atoms with Crippen LogP contribution in [0, 0.1) is 0 Å². The summed E-state index contributed by atoms with van der Waals surface area (Å²) >= 11 is 3.70. The van der Waals surface area contributed by atoms with Crippen LogP contribution in [0.25, 0.3) is 12.2 Å². The summed E-state index contributed by atoms with van der Waals surface area (Å²) in [6, 6.07) is 0. The average Bonchev–Trinajstić information content (AvgIpc) is 2.72. The number of halogens is 1. The monoisotopic (exact) mass is 337 g/mol. The second-order valence-corrected chi connectivity index (χ2v) is 6.41. The molecule has 0 bridgehead atoms. The minimum absolute atomic E-state index is 0.470. The number of aromatic nitrogens is 1. The van der Waals surface area contributed by atoms with E-state index < -0.39 is 0 Å². The Labute approximate surface area is 129 Å². The summed E-state index contributed by atoms with van der Waals surface area (Å²) in [4.78, 5) is 14.0. The van der Waals surface area contributed by atoms with Crippen molar-refractivity contribution in [2.24, 2.45) is 0 Å². The molecule has 0 unspecified atom stereocenters. The molecule has 3 heteroatoms. The maximum Gasteiger partial charge on any atom is 0.123 e. The Hall–Kier alpha value is -0.830. The first-order valence-corrected chi connectivity index (χ1v) is 8.54. The summed E-state index contributed by atoms with van der Waals surface area (Å²) in [5, 5.41) is 2.37. The SMILES string of the molecule is C/C=c1/c(C2CCCCCCC2)c(Br)[nH]/c1=C/CC=O. The van der Waals surface area contributed by atoms with Gasteiger partial charge in [-0.2, -0.15) is 0 Å². The topological polar surface area (TPSA) is 32.9 Å². The molecule has 110 valence electrons. The molecule has 1 aliphatic carbocycles. The van der Waals surface area contributed by atoms with E-state index in [0.29, 0.717) is 12.3 Å². The van der Waals surface area contributed by atoms with E-state index in [9.17, 15) is 4.79 Å². The van der Waals surface area contributed by atoms with Gasteiger partial charge in [0.1, 0.15) is 6.29 Å². The van der Waals surface area contributed by atoms with E-state index >= 15 is 0 Å². The maximum atomic E-state index is 10.6. The lowest BCUT2D eigenvalue weighted by atomic mass is 9.86. The second-order valence-electron chi connectivity index (χ2n) is 5.62. The maximum absolute atomic E-state index is 10.6. The van der Waals surface area contributed by atoms with Crippen LogP contribution in [0.1, 0.15) is 69.8 Å². The summed E-state index contributed by atoms with van der Waals surface area (Å²) < 4.78 is 1.10. The summed E-state index contributed by atoms with van der Waals surface area (Å²) in [5.41, 5.74) is 1.42. The van der Waals surface area contributed by atoms with Gasteiger partial charge in [-0.25, -0.2) is 0 Å². The fourth-order valence-electron chi connectivity index (χ4n) is 3.30.